The van der Waals surface area contributed by atoms with Crippen molar-refractivity contribution in [2.24, 2.45) is 0 Å². The van der Waals surface area contributed by atoms with E-state index in [2.05, 4.69) is 15.0 Å². The molecule has 0 unspecified atom stereocenters. The van der Waals surface area contributed by atoms with E-state index in [9.17, 15) is 9.59 Å². The fourth-order valence-electron chi connectivity index (χ4n) is 2.99. The molecule has 0 aliphatic carbocycles. The smallest absolute Gasteiger partial charge is 0.331 e. The van der Waals surface area contributed by atoms with Crippen LogP contribution in [0.5, 0.6) is 5.75 Å². The molecule has 0 aliphatic rings. The Morgan fingerprint density at radius 3 is 2.58 bits per heavy atom. The summed E-state index contributed by atoms with van der Waals surface area (Å²) in [5.74, 6) is -0.227. The first-order valence-corrected chi connectivity index (χ1v) is 9.97. The van der Waals surface area contributed by atoms with Gasteiger partial charge in [0.2, 0.25) is 0 Å². The van der Waals surface area contributed by atoms with Gasteiger partial charge in [0.15, 0.2) is 12.4 Å². The van der Waals surface area contributed by atoms with Crippen molar-refractivity contribution in [3.05, 3.63) is 84.8 Å². The summed E-state index contributed by atoms with van der Waals surface area (Å²) in [7, 11) is 1.60. The van der Waals surface area contributed by atoms with Gasteiger partial charge < -0.3 is 19.3 Å². The first-order valence-electron chi connectivity index (χ1n) is 9.97. The molecule has 9 nitrogen and oxygen atoms in total. The number of hydrogen-bond acceptors (Lipinski definition) is 7. The highest BCUT2D eigenvalue weighted by molar-refractivity contribution is 5.94. The third kappa shape index (κ3) is 5.53. The van der Waals surface area contributed by atoms with Gasteiger partial charge in [-0.05, 0) is 42.5 Å². The number of amides is 1. The zero-order valence-corrected chi connectivity index (χ0v) is 17.7. The van der Waals surface area contributed by atoms with Crippen LogP contribution >= 0.6 is 0 Å². The summed E-state index contributed by atoms with van der Waals surface area (Å²) in [6, 6.07) is 18.6. The van der Waals surface area contributed by atoms with E-state index in [1.807, 2.05) is 60.8 Å². The number of nitrogens with zero attached hydrogens (tertiary/aromatic N) is 3. The molecule has 166 valence electrons. The lowest BCUT2D eigenvalue weighted by molar-refractivity contribution is -0.142. The average molecular weight is 444 g/mol. The number of anilines is 1. The van der Waals surface area contributed by atoms with E-state index in [4.69, 9.17) is 14.6 Å². The largest absolute Gasteiger partial charge is 0.497 e. The molecule has 2 aromatic heterocycles. The number of nitrogens with one attached hydrogen (secondary N) is 1. The lowest BCUT2D eigenvalue weighted by atomic mass is 10.1. The van der Waals surface area contributed by atoms with Crippen molar-refractivity contribution in [3.63, 3.8) is 0 Å². The number of rotatable bonds is 8. The fourth-order valence-corrected chi connectivity index (χ4v) is 2.99. The van der Waals surface area contributed by atoms with Crippen LogP contribution in [0.4, 0.5) is 5.82 Å². The van der Waals surface area contributed by atoms with Gasteiger partial charge in [0, 0.05) is 29.5 Å². The number of carbonyl (C=O) groups excluding carboxylic acids is 2. The van der Waals surface area contributed by atoms with E-state index in [0.717, 1.165) is 17.0 Å². The number of aromatic nitrogens is 3. The summed E-state index contributed by atoms with van der Waals surface area (Å²) >= 11 is 0. The van der Waals surface area contributed by atoms with Crippen molar-refractivity contribution in [2.75, 3.05) is 19.0 Å². The molecule has 0 atom stereocenters. The van der Waals surface area contributed by atoms with Gasteiger partial charge in [-0.25, -0.2) is 9.48 Å². The maximum Gasteiger partial charge on any atom is 0.331 e. The van der Waals surface area contributed by atoms with Gasteiger partial charge in [0.05, 0.1) is 18.5 Å². The molecule has 0 aliphatic heterocycles. The molecular weight excluding hydrogens is 424 g/mol. The molecule has 1 N–H and O–H groups in total. The normalized spacial score (nSPS) is 10.8. The Hall–Kier alpha value is -4.66. The summed E-state index contributed by atoms with van der Waals surface area (Å²) in [6.07, 6.45) is 5.99. The van der Waals surface area contributed by atoms with Crippen LogP contribution < -0.4 is 10.1 Å². The first kappa shape index (κ1) is 21.6. The number of methoxy groups -OCH3 is 1. The van der Waals surface area contributed by atoms with E-state index in [1.165, 1.54) is 18.4 Å². The molecule has 9 heteroatoms. The molecule has 0 bridgehead atoms. The van der Waals surface area contributed by atoms with E-state index in [0.29, 0.717) is 11.3 Å². The molecule has 0 radical (unpaired) electrons. The minimum atomic E-state index is -0.668. The number of hydrogen-bond donors (Lipinski definition) is 1. The second kappa shape index (κ2) is 10.1. The average Bonchev–Trinajstić information content (AvgIpc) is 3.52. The zero-order valence-electron chi connectivity index (χ0n) is 17.7. The monoisotopic (exact) mass is 444 g/mol. The molecule has 0 fully saturated rings. The number of benzene rings is 2. The van der Waals surface area contributed by atoms with E-state index in [1.54, 1.807) is 17.9 Å². The number of ether oxygens (including phenoxy) is 2. The molecule has 33 heavy (non-hydrogen) atoms. The molecule has 2 heterocycles. The highest BCUT2D eigenvalue weighted by atomic mass is 16.5. The van der Waals surface area contributed by atoms with Gasteiger partial charge >= 0.3 is 5.97 Å². The molecule has 0 spiro atoms. The van der Waals surface area contributed by atoms with Gasteiger partial charge in [-0.15, -0.1) is 0 Å². The predicted molar refractivity (Wildman–Crippen MR) is 121 cm³/mol. The summed E-state index contributed by atoms with van der Waals surface area (Å²) in [6.45, 7) is -0.454. The van der Waals surface area contributed by atoms with Gasteiger partial charge in [-0.3, -0.25) is 4.79 Å². The molecule has 0 saturated heterocycles. The van der Waals surface area contributed by atoms with Crippen LogP contribution in [0.1, 0.15) is 5.56 Å². The Balaban J connectivity index is 1.51. The van der Waals surface area contributed by atoms with Gasteiger partial charge in [-0.2, -0.15) is 5.10 Å². The first-order chi connectivity index (χ1) is 16.1. The number of esters is 1. The van der Waals surface area contributed by atoms with Crippen LogP contribution in [0, 0.1) is 0 Å². The standard InChI is InChI=1S/C24H20N4O5/c1-31-20-10-7-17(8-11-20)24-18(15-28(26-24)19-5-3-2-4-6-19)9-12-23(30)32-16-22(29)25-21-13-14-33-27-21/h2-15H,16H2,1H3,(H,25,27,29)/b12-9+. The minimum absolute atomic E-state index is 0.240. The van der Waals surface area contributed by atoms with E-state index in [-0.39, 0.29) is 5.82 Å². The van der Waals surface area contributed by atoms with Crippen LogP contribution in [0.2, 0.25) is 0 Å². The molecule has 0 saturated carbocycles. The molecule has 4 rings (SSSR count). The second-order valence-corrected chi connectivity index (χ2v) is 6.82. The van der Waals surface area contributed by atoms with Crippen molar-refractivity contribution in [1.29, 1.82) is 0 Å². The summed E-state index contributed by atoms with van der Waals surface area (Å²) in [5, 5.41) is 10.7. The van der Waals surface area contributed by atoms with Crippen molar-refractivity contribution >= 4 is 23.8 Å². The fraction of sp³-hybridized carbons (Fsp3) is 0.0833. The Morgan fingerprint density at radius 1 is 1.09 bits per heavy atom. The highest BCUT2D eigenvalue weighted by Gasteiger charge is 2.12. The Labute approximate surface area is 189 Å². The van der Waals surface area contributed by atoms with Gasteiger partial charge in [0.1, 0.15) is 12.0 Å². The van der Waals surface area contributed by atoms with Crippen LogP contribution in [0.15, 0.2) is 83.7 Å². The van der Waals surface area contributed by atoms with E-state index < -0.39 is 18.5 Å². The van der Waals surface area contributed by atoms with Crippen molar-refractivity contribution in [1.82, 2.24) is 14.9 Å². The summed E-state index contributed by atoms with van der Waals surface area (Å²) in [4.78, 5) is 24.0. The third-order valence-corrected chi connectivity index (χ3v) is 4.58. The lowest BCUT2D eigenvalue weighted by Gasteiger charge is -2.03. The summed E-state index contributed by atoms with van der Waals surface area (Å²) in [5.41, 5.74) is 3.10. The maximum absolute atomic E-state index is 12.2. The quantitative estimate of drug-likeness (QED) is 0.326. The second-order valence-electron chi connectivity index (χ2n) is 6.82. The molecule has 1 amide bonds. The lowest BCUT2D eigenvalue weighted by Crippen LogP contribution is -2.20. The highest BCUT2D eigenvalue weighted by Crippen LogP contribution is 2.26. The van der Waals surface area contributed by atoms with E-state index >= 15 is 0 Å². The minimum Gasteiger partial charge on any atom is -0.497 e. The topological polar surface area (TPSA) is 108 Å². The van der Waals surface area contributed by atoms with Crippen LogP contribution in [0.25, 0.3) is 23.0 Å². The van der Waals surface area contributed by atoms with Crippen molar-refractivity contribution in [3.8, 4) is 22.7 Å². The number of para-hydroxylation sites is 1. The Morgan fingerprint density at radius 2 is 1.88 bits per heavy atom. The van der Waals surface area contributed by atoms with Crippen LogP contribution in [-0.2, 0) is 14.3 Å². The van der Waals surface area contributed by atoms with Crippen LogP contribution in [-0.4, -0.2) is 40.5 Å². The van der Waals surface area contributed by atoms with Crippen molar-refractivity contribution in [2.45, 2.75) is 0 Å². The van der Waals surface area contributed by atoms with Gasteiger partial charge in [-0.1, -0.05) is 23.4 Å². The molecule has 4 aromatic rings. The molecule has 2 aromatic carbocycles. The summed E-state index contributed by atoms with van der Waals surface area (Å²) < 4.78 is 16.6. The predicted octanol–water partition coefficient (Wildman–Crippen LogP) is 3.73. The Bertz CT molecular complexity index is 1250. The van der Waals surface area contributed by atoms with Gasteiger partial charge in [0.25, 0.3) is 5.91 Å². The zero-order chi connectivity index (χ0) is 23.0. The van der Waals surface area contributed by atoms with Crippen molar-refractivity contribution < 1.29 is 23.6 Å². The van der Waals surface area contributed by atoms with Crippen LogP contribution in [0.3, 0.4) is 0 Å². The Kier molecular flexibility index (Phi) is 6.60. The third-order valence-electron chi connectivity index (χ3n) is 4.58. The SMILES string of the molecule is COc1ccc(-c2nn(-c3ccccc3)cc2/C=C/C(=O)OCC(=O)Nc2ccon2)cc1. The molecular formula is C24H20N4O5. The maximum atomic E-state index is 12.2. The number of carbonyl (C=O) groups is 2.